The van der Waals surface area contributed by atoms with Gasteiger partial charge in [-0.05, 0) is 47.0 Å². The average Bonchev–Trinajstić information content (AvgIpc) is 2.83. The standard InChI is InChI=1S/C28H26N2O3/c1-19(2)26(30-27(31)23-16-10-12-20-11-6-7-15-22(20)23)28(32)29-24-17-8-9-18-25(24)33-21-13-4-3-5-14-21/h3-19,26H,1-2H3,(H,29,32)(H,30,31). The maximum atomic E-state index is 13.2. The van der Waals surface area contributed by atoms with E-state index >= 15 is 0 Å². The number of benzene rings is 4. The van der Waals surface area contributed by atoms with Gasteiger partial charge in [0.15, 0.2) is 5.75 Å². The van der Waals surface area contributed by atoms with Crippen LogP contribution in [0, 0.1) is 5.92 Å². The van der Waals surface area contributed by atoms with Gasteiger partial charge < -0.3 is 15.4 Å². The minimum Gasteiger partial charge on any atom is -0.455 e. The molecule has 0 saturated carbocycles. The van der Waals surface area contributed by atoms with Gasteiger partial charge >= 0.3 is 0 Å². The molecule has 5 heteroatoms. The molecule has 166 valence electrons. The van der Waals surface area contributed by atoms with E-state index in [-0.39, 0.29) is 17.7 Å². The van der Waals surface area contributed by atoms with E-state index in [4.69, 9.17) is 4.74 Å². The number of fused-ring (bicyclic) bond motifs is 1. The Labute approximate surface area is 193 Å². The molecular formula is C28H26N2O3. The highest BCUT2D eigenvalue weighted by Crippen LogP contribution is 2.29. The monoisotopic (exact) mass is 438 g/mol. The molecule has 0 saturated heterocycles. The Balaban J connectivity index is 1.53. The summed E-state index contributed by atoms with van der Waals surface area (Å²) in [5.41, 5.74) is 1.08. The third kappa shape index (κ3) is 5.21. The van der Waals surface area contributed by atoms with Crippen molar-refractivity contribution < 1.29 is 14.3 Å². The van der Waals surface area contributed by atoms with E-state index in [1.807, 2.05) is 92.7 Å². The van der Waals surface area contributed by atoms with Crippen molar-refractivity contribution >= 4 is 28.3 Å². The largest absolute Gasteiger partial charge is 0.455 e. The van der Waals surface area contributed by atoms with E-state index in [0.717, 1.165) is 10.8 Å². The number of ether oxygens (including phenoxy) is 1. The first-order valence-corrected chi connectivity index (χ1v) is 10.9. The summed E-state index contributed by atoms with van der Waals surface area (Å²) in [5.74, 6) is 0.493. The lowest BCUT2D eigenvalue weighted by Gasteiger charge is -2.23. The number of hydrogen-bond acceptors (Lipinski definition) is 3. The summed E-state index contributed by atoms with van der Waals surface area (Å²) in [5, 5.41) is 7.67. The van der Waals surface area contributed by atoms with Crippen LogP contribution in [0.5, 0.6) is 11.5 Å². The number of nitrogens with one attached hydrogen (secondary N) is 2. The molecule has 0 aromatic heterocycles. The lowest BCUT2D eigenvalue weighted by atomic mass is 10.0. The number of carbonyl (C=O) groups is 2. The summed E-state index contributed by atoms with van der Waals surface area (Å²) in [4.78, 5) is 26.3. The van der Waals surface area contributed by atoms with Crippen molar-refractivity contribution in [2.24, 2.45) is 5.92 Å². The van der Waals surface area contributed by atoms with Gasteiger partial charge in [-0.3, -0.25) is 9.59 Å². The van der Waals surface area contributed by atoms with Gasteiger partial charge in [0, 0.05) is 5.56 Å². The van der Waals surface area contributed by atoms with E-state index in [1.165, 1.54) is 0 Å². The van der Waals surface area contributed by atoms with Gasteiger partial charge in [-0.2, -0.15) is 0 Å². The molecule has 1 unspecified atom stereocenters. The lowest BCUT2D eigenvalue weighted by molar-refractivity contribution is -0.118. The minimum atomic E-state index is -0.721. The van der Waals surface area contributed by atoms with Crippen LogP contribution >= 0.6 is 0 Å². The highest BCUT2D eigenvalue weighted by molar-refractivity contribution is 6.09. The smallest absolute Gasteiger partial charge is 0.252 e. The molecule has 0 bridgehead atoms. The molecule has 0 heterocycles. The topological polar surface area (TPSA) is 67.4 Å². The number of carbonyl (C=O) groups excluding carboxylic acids is 2. The Bertz CT molecular complexity index is 1260. The molecule has 4 rings (SSSR count). The zero-order chi connectivity index (χ0) is 23.2. The lowest BCUT2D eigenvalue weighted by Crippen LogP contribution is -2.47. The molecule has 4 aromatic carbocycles. The van der Waals surface area contributed by atoms with Crippen molar-refractivity contribution in [2.75, 3.05) is 5.32 Å². The van der Waals surface area contributed by atoms with Gasteiger partial charge in [0.05, 0.1) is 5.69 Å². The normalized spacial score (nSPS) is 11.7. The fourth-order valence-electron chi connectivity index (χ4n) is 3.66. The van der Waals surface area contributed by atoms with Crippen molar-refractivity contribution in [3.05, 3.63) is 103 Å². The van der Waals surface area contributed by atoms with Crippen LogP contribution in [0.4, 0.5) is 5.69 Å². The Kier molecular flexibility index (Phi) is 6.69. The molecule has 1 atom stereocenters. The fraction of sp³-hybridized carbons (Fsp3) is 0.143. The van der Waals surface area contributed by atoms with Crippen LogP contribution in [0.2, 0.25) is 0 Å². The zero-order valence-electron chi connectivity index (χ0n) is 18.6. The summed E-state index contributed by atoms with van der Waals surface area (Å²) in [7, 11) is 0. The number of amides is 2. The average molecular weight is 439 g/mol. The molecule has 2 amide bonds. The van der Waals surface area contributed by atoms with Crippen LogP contribution in [0.3, 0.4) is 0 Å². The molecule has 0 fully saturated rings. The molecule has 0 radical (unpaired) electrons. The van der Waals surface area contributed by atoms with Gasteiger partial charge in [-0.15, -0.1) is 0 Å². The van der Waals surface area contributed by atoms with Crippen molar-refractivity contribution in [1.82, 2.24) is 5.32 Å². The summed E-state index contributed by atoms with van der Waals surface area (Å²) in [6, 6.07) is 29.2. The second-order valence-electron chi connectivity index (χ2n) is 8.12. The predicted octanol–water partition coefficient (Wildman–Crippen LogP) is 6.03. The Morgan fingerprint density at radius 2 is 1.42 bits per heavy atom. The van der Waals surface area contributed by atoms with E-state index < -0.39 is 6.04 Å². The number of rotatable bonds is 7. The van der Waals surface area contributed by atoms with Crippen LogP contribution in [0.1, 0.15) is 24.2 Å². The molecule has 5 nitrogen and oxygen atoms in total. The van der Waals surface area contributed by atoms with Gasteiger partial charge in [0.25, 0.3) is 5.91 Å². The molecule has 0 aliphatic heterocycles. The molecular weight excluding hydrogens is 412 g/mol. The number of para-hydroxylation sites is 3. The third-order valence-electron chi connectivity index (χ3n) is 5.39. The number of hydrogen-bond donors (Lipinski definition) is 2. The van der Waals surface area contributed by atoms with Crippen LogP contribution < -0.4 is 15.4 Å². The van der Waals surface area contributed by atoms with Crippen LogP contribution in [0.15, 0.2) is 97.1 Å². The van der Waals surface area contributed by atoms with Gasteiger partial charge in [-0.1, -0.05) is 80.6 Å². The van der Waals surface area contributed by atoms with E-state index in [9.17, 15) is 9.59 Å². The van der Waals surface area contributed by atoms with E-state index in [1.54, 1.807) is 18.2 Å². The van der Waals surface area contributed by atoms with Crippen LogP contribution in [-0.4, -0.2) is 17.9 Å². The highest BCUT2D eigenvalue weighted by Gasteiger charge is 2.26. The first-order valence-electron chi connectivity index (χ1n) is 10.9. The van der Waals surface area contributed by atoms with Crippen molar-refractivity contribution in [1.29, 1.82) is 0 Å². The second kappa shape index (κ2) is 10.0. The number of anilines is 1. The van der Waals surface area contributed by atoms with E-state index in [0.29, 0.717) is 22.7 Å². The molecule has 0 aliphatic rings. The maximum absolute atomic E-state index is 13.2. The van der Waals surface area contributed by atoms with Crippen molar-refractivity contribution in [3.8, 4) is 11.5 Å². The van der Waals surface area contributed by atoms with Crippen LogP contribution in [0.25, 0.3) is 10.8 Å². The summed E-state index contributed by atoms with van der Waals surface area (Å²) < 4.78 is 5.95. The molecule has 0 aliphatic carbocycles. The molecule has 2 N–H and O–H groups in total. The molecule has 4 aromatic rings. The van der Waals surface area contributed by atoms with Crippen LogP contribution in [-0.2, 0) is 4.79 Å². The van der Waals surface area contributed by atoms with Crippen molar-refractivity contribution in [2.45, 2.75) is 19.9 Å². The summed E-state index contributed by atoms with van der Waals surface area (Å²) in [6.45, 7) is 3.81. The zero-order valence-corrected chi connectivity index (χ0v) is 18.6. The maximum Gasteiger partial charge on any atom is 0.252 e. The predicted molar refractivity (Wildman–Crippen MR) is 132 cm³/mol. The fourth-order valence-corrected chi connectivity index (χ4v) is 3.66. The first kappa shape index (κ1) is 22.1. The molecule has 33 heavy (non-hydrogen) atoms. The quantitative estimate of drug-likeness (QED) is 0.370. The Morgan fingerprint density at radius 3 is 2.21 bits per heavy atom. The van der Waals surface area contributed by atoms with Gasteiger partial charge in [0.1, 0.15) is 11.8 Å². The molecule has 0 spiro atoms. The Morgan fingerprint density at radius 1 is 0.758 bits per heavy atom. The summed E-state index contributed by atoms with van der Waals surface area (Å²) in [6.07, 6.45) is 0. The minimum absolute atomic E-state index is 0.119. The third-order valence-corrected chi connectivity index (χ3v) is 5.39. The Hall–Kier alpha value is -4.12. The van der Waals surface area contributed by atoms with Crippen molar-refractivity contribution in [3.63, 3.8) is 0 Å². The van der Waals surface area contributed by atoms with Gasteiger partial charge in [0.2, 0.25) is 5.91 Å². The SMILES string of the molecule is CC(C)C(NC(=O)c1cccc2ccccc12)C(=O)Nc1ccccc1Oc1ccccc1. The highest BCUT2D eigenvalue weighted by atomic mass is 16.5. The summed E-state index contributed by atoms with van der Waals surface area (Å²) >= 11 is 0. The first-order chi connectivity index (χ1) is 16.0. The van der Waals surface area contributed by atoms with Gasteiger partial charge in [-0.25, -0.2) is 0 Å². The van der Waals surface area contributed by atoms with E-state index in [2.05, 4.69) is 10.6 Å². The second-order valence-corrected chi connectivity index (χ2v) is 8.12.